The lowest BCUT2D eigenvalue weighted by Crippen LogP contribution is -2.53. The zero-order valence-corrected chi connectivity index (χ0v) is 14.5. The summed E-state index contributed by atoms with van der Waals surface area (Å²) in [7, 11) is 0. The third-order valence-corrected chi connectivity index (χ3v) is 4.12. The van der Waals surface area contributed by atoms with Crippen molar-refractivity contribution >= 4 is 18.0 Å². The summed E-state index contributed by atoms with van der Waals surface area (Å²) in [5.41, 5.74) is -0.670. The van der Waals surface area contributed by atoms with Crippen LogP contribution in [0.5, 0.6) is 0 Å². The molecule has 2 saturated heterocycles. The lowest BCUT2D eigenvalue weighted by atomic mass is 9.88. The number of morpholine rings is 1. The van der Waals surface area contributed by atoms with E-state index in [-0.39, 0.29) is 25.4 Å². The Bertz CT molecular complexity index is 495. The van der Waals surface area contributed by atoms with Gasteiger partial charge in [0, 0.05) is 26.2 Å². The number of carbonyl (C=O) groups excluding carboxylic acids is 2. The van der Waals surface area contributed by atoms with Crippen molar-refractivity contribution in [1.29, 1.82) is 0 Å². The smallest absolute Gasteiger partial charge is 0.410 e. The fourth-order valence-corrected chi connectivity index (χ4v) is 2.97. The Balaban J connectivity index is 2.08. The topological polar surface area (TPSA) is 96.4 Å². The van der Waals surface area contributed by atoms with E-state index in [0.29, 0.717) is 26.3 Å². The van der Waals surface area contributed by atoms with Crippen molar-refractivity contribution in [2.24, 2.45) is 11.8 Å². The van der Waals surface area contributed by atoms with Gasteiger partial charge in [-0.05, 0) is 27.2 Å². The maximum Gasteiger partial charge on any atom is 0.410 e. The molecule has 0 aliphatic carbocycles. The molecule has 0 saturated carbocycles. The molecule has 2 heterocycles. The van der Waals surface area contributed by atoms with Crippen LogP contribution in [0.3, 0.4) is 0 Å². The van der Waals surface area contributed by atoms with Gasteiger partial charge in [-0.1, -0.05) is 0 Å². The highest BCUT2D eigenvalue weighted by Crippen LogP contribution is 2.26. The van der Waals surface area contributed by atoms with Gasteiger partial charge in [0.25, 0.3) is 0 Å². The molecule has 2 aliphatic rings. The van der Waals surface area contributed by atoms with E-state index < -0.39 is 29.5 Å². The van der Waals surface area contributed by atoms with Crippen molar-refractivity contribution in [3.8, 4) is 0 Å². The van der Waals surface area contributed by atoms with E-state index in [4.69, 9.17) is 9.47 Å². The molecule has 2 amide bonds. The standard InChI is InChI=1S/C16H26N2O6/c1-16(2,3)24-15(22)18-9-11(8-12(10-18)14(20)21)13(19)17-4-6-23-7-5-17/h11-12H,4-10H2,1-3H3,(H,20,21)/t11-,12+/m1/s1. The van der Waals surface area contributed by atoms with Crippen LogP contribution in [-0.4, -0.2) is 77.9 Å². The molecule has 8 nitrogen and oxygen atoms in total. The quantitative estimate of drug-likeness (QED) is 0.797. The summed E-state index contributed by atoms with van der Waals surface area (Å²) in [6.07, 6.45) is -0.335. The maximum absolute atomic E-state index is 12.7. The first-order valence-corrected chi connectivity index (χ1v) is 8.24. The summed E-state index contributed by atoms with van der Waals surface area (Å²) < 4.78 is 10.6. The van der Waals surface area contributed by atoms with E-state index in [9.17, 15) is 19.5 Å². The van der Waals surface area contributed by atoms with Crippen LogP contribution in [-0.2, 0) is 19.1 Å². The summed E-state index contributed by atoms with van der Waals surface area (Å²) in [6, 6.07) is 0. The minimum Gasteiger partial charge on any atom is -0.481 e. The number of nitrogens with zero attached hydrogens (tertiary/aromatic N) is 2. The lowest BCUT2D eigenvalue weighted by molar-refractivity contribution is -0.148. The van der Waals surface area contributed by atoms with E-state index in [0.717, 1.165) is 0 Å². The fourth-order valence-electron chi connectivity index (χ4n) is 2.97. The summed E-state index contributed by atoms with van der Waals surface area (Å²) in [4.78, 5) is 39.4. The van der Waals surface area contributed by atoms with Gasteiger partial charge in [0.05, 0.1) is 25.0 Å². The Labute approximate surface area is 141 Å². The van der Waals surface area contributed by atoms with Gasteiger partial charge in [-0.15, -0.1) is 0 Å². The third kappa shape index (κ3) is 4.83. The molecule has 0 radical (unpaired) electrons. The number of rotatable bonds is 2. The van der Waals surface area contributed by atoms with E-state index in [2.05, 4.69) is 0 Å². The van der Waals surface area contributed by atoms with Crippen LogP contribution in [0.15, 0.2) is 0 Å². The Morgan fingerprint density at radius 2 is 1.62 bits per heavy atom. The number of ether oxygens (including phenoxy) is 2. The molecule has 136 valence electrons. The van der Waals surface area contributed by atoms with Crippen molar-refractivity contribution in [2.45, 2.75) is 32.8 Å². The molecule has 0 spiro atoms. The first-order valence-electron chi connectivity index (χ1n) is 8.24. The van der Waals surface area contributed by atoms with Gasteiger partial charge in [-0.3, -0.25) is 9.59 Å². The second kappa shape index (κ2) is 7.38. The number of likely N-dealkylation sites (tertiary alicyclic amines) is 1. The predicted molar refractivity (Wildman–Crippen MR) is 84.4 cm³/mol. The summed E-state index contributed by atoms with van der Waals surface area (Å²) in [6.45, 7) is 7.47. The number of hydrogen-bond acceptors (Lipinski definition) is 5. The average molecular weight is 342 g/mol. The minimum absolute atomic E-state index is 0.0666. The van der Waals surface area contributed by atoms with Crippen LogP contribution in [0.25, 0.3) is 0 Å². The second-order valence-corrected chi connectivity index (χ2v) is 7.29. The molecule has 0 aromatic rings. The van der Waals surface area contributed by atoms with Crippen LogP contribution in [0, 0.1) is 11.8 Å². The van der Waals surface area contributed by atoms with E-state index >= 15 is 0 Å². The number of piperidine rings is 1. The molecule has 2 aliphatic heterocycles. The molecule has 2 fully saturated rings. The number of carboxylic acids is 1. The van der Waals surface area contributed by atoms with Gasteiger partial charge in [0.1, 0.15) is 5.60 Å². The molecule has 1 N–H and O–H groups in total. The molecular formula is C16H26N2O6. The van der Waals surface area contributed by atoms with Gasteiger partial charge in [-0.25, -0.2) is 4.79 Å². The van der Waals surface area contributed by atoms with E-state index in [1.165, 1.54) is 4.90 Å². The highest BCUT2D eigenvalue weighted by molar-refractivity contribution is 5.82. The Morgan fingerprint density at radius 1 is 1.04 bits per heavy atom. The number of hydrogen-bond donors (Lipinski definition) is 1. The molecule has 0 aromatic carbocycles. The number of carbonyl (C=O) groups is 3. The SMILES string of the molecule is CC(C)(C)OC(=O)N1C[C@@H](C(=O)O)C[C@@H](C(=O)N2CCOCC2)C1. The molecular weight excluding hydrogens is 316 g/mol. The monoisotopic (exact) mass is 342 g/mol. The highest BCUT2D eigenvalue weighted by Gasteiger charge is 2.40. The average Bonchev–Trinajstić information content (AvgIpc) is 2.53. The van der Waals surface area contributed by atoms with Crippen molar-refractivity contribution < 1.29 is 29.0 Å². The third-order valence-electron chi connectivity index (χ3n) is 4.12. The Morgan fingerprint density at radius 3 is 2.17 bits per heavy atom. The second-order valence-electron chi connectivity index (χ2n) is 7.29. The number of amides is 2. The Hall–Kier alpha value is -1.83. The first-order chi connectivity index (χ1) is 11.2. The van der Waals surface area contributed by atoms with Crippen molar-refractivity contribution in [2.75, 3.05) is 39.4 Å². The summed E-state index contributed by atoms with van der Waals surface area (Å²) in [5.74, 6) is -2.40. The molecule has 0 bridgehead atoms. The van der Waals surface area contributed by atoms with Crippen molar-refractivity contribution in [3.05, 3.63) is 0 Å². The van der Waals surface area contributed by atoms with Crippen LogP contribution >= 0.6 is 0 Å². The van der Waals surface area contributed by atoms with Crippen molar-refractivity contribution in [1.82, 2.24) is 9.80 Å². The predicted octanol–water partition coefficient (Wildman–Crippen LogP) is 0.803. The van der Waals surface area contributed by atoms with Gasteiger partial charge < -0.3 is 24.4 Å². The zero-order chi connectivity index (χ0) is 17.9. The van der Waals surface area contributed by atoms with Crippen LogP contribution in [0.2, 0.25) is 0 Å². The fraction of sp³-hybridized carbons (Fsp3) is 0.812. The molecule has 24 heavy (non-hydrogen) atoms. The summed E-state index contributed by atoms with van der Waals surface area (Å²) >= 11 is 0. The van der Waals surface area contributed by atoms with E-state index in [1.807, 2.05) is 0 Å². The van der Waals surface area contributed by atoms with Crippen LogP contribution in [0.4, 0.5) is 4.79 Å². The summed E-state index contributed by atoms with van der Waals surface area (Å²) in [5, 5.41) is 9.36. The minimum atomic E-state index is -0.997. The van der Waals surface area contributed by atoms with Crippen molar-refractivity contribution in [3.63, 3.8) is 0 Å². The van der Waals surface area contributed by atoms with Crippen LogP contribution in [0.1, 0.15) is 27.2 Å². The normalized spacial score (nSPS) is 25.3. The first kappa shape index (κ1) is 18.5. The van der Waals surface area contributed by atoms with E-state index in [1.54, 1.807) is 25.7 Å². The maximum atomic E-state index is 12.7. The lowest BCUT2D eigenvalue weighted by Gasteiger charge is -2.38. The molecule has 8 heteroatoms. The van der Waals surface area contributed by atoms with Gasteiger partial charge in [-0.2, -0.15) is 0 Å². The molecule has 2 rings (SSSR count). The number of aliphatic carboxylic acids is 1. The van der Waals surface area contributed by atoms with Gasteiger partial charge in [0.15, 0.2) is 0 Å². The Kier molecular flexibility index (Phi) is 5.69. The molecule has 2 atom stereocenters. The molecule has 0 unspecified atom stereocenters. The molecule has 0 aromatic heterocycles. The largest absolute Gasteiger partial charge is 0.481 e. The zero-order valence-electron chi connectivity index (χ0n) is 14.5. The van der Waals surface area contributed by atoms with Crippen LogP contribution < -0.4 is 0 Å². The van der Waals surface area contributed by atoms with Gasteiger partial charge >= 0.3 is 12.1 Å². The number of carboxylic acid groups (broad SMARTS) is 1. The highest BCUT2D eigenvalue weighted by atomic mass is 16.6. The van der Waals surface area contributed by atoms with Gasteiger partial charge in [0.2, 0.25) is 5.91 Å².